The molecule has 0 spiro atoms. The van der Waals surface area contributed by atoms with E-state index < -0.39 is 0 Å². The molecule has 19 heavy (non-hydrogen) atoms. The molecule has 0 bridgehead atoms. The van der Waals surface area contributed by atoms with Gasteiger partial charge in [-0.25, -0.2) is 0 Å². The number of rotatable bonds is 3. The number of carbonyl (C=O) groups is 1. The fourth-order valence-electron chi connectivity index (χ4n) is 2.69. The molecule has 0 aromatic heterocycles. The van der Waals surface area contributed by atoms with Crippen LogP contribution in [0.3, 0.4) is 0 Å². The van der Waals surface area contributed by atoms with Crippen LogP contribution in [0.5, 0.6) is 0 Å². The van der Waals surface area contributed by atoms with Crippen LogP contribution in [0.4, 0.5) is 0 Å². The Kier molecular flexibility index (Phi) is 4.35. The zero-order valence-corrected chi connectivity index (χ0v) is 11.0. The van der Waals surface area contributed by atoms with E-state index in [9.17, 15) is 10.1 Å². The minimum Gasteiger partial charge on any atom is -0.339 e. The highest BCUT2D eigenvalue weighted by atomic mass is 16.2. The second-order valence-electron chi connectivity index (χ2n) is 4.88. The Morgan fingerprint density at radius 1 is 1.37 bits per heavy atom. The number of likely N-dealkylation sites (tertiary alicyclic amines) is 1. The van der Waals surface area contributed by atoms with E-state index in [1.165, 1.54) is 6.08 Å². The Bertz CT molecular complexity index is 481. The fraction of sp³-hybridized carbons (Fsp3) is 0.375. The van der Waals surface area contributed by atoms with Gasteiger partial charge in [0.1, 0.15) is 0 Å². The summed E-state index contributed by atoms with van der Waals surface area (Å²) in [7, 11) is 0. The summed E-state index contributed by atoms with van der Waals surface area (Å²) in [5, 5.41) is 9.41. The molecule has 0 N–H and O–H groups in total. The van der Waals surface area contributed by atoms with Crippen LogP contribution in [0.25, 0.3) is 0 Å². The first kappa shape index (κ1) is 13.4. The molecule has 0 aliphatic carbocycles. The van der Waals surface area contributed by atoms with Gasteiger partial charge in [-0.1, -0.05) is 36.9 Å². The van der Waals surface area contributed by atoms with Crippen LogP contribution in [-0.4, -0.2) is 23.9 Å². The zero-order valence-electron chi connectivity index (χ0n) is 11.0. The number of hydrogen-bond acceptors (Lipinski definition) is 2. The van der Waals surface area contributed by atoms with E-state index >= 15 is 0 Å². The first-order chi connectivity index (χ1) is 9.26. The summed E-state index contributed by atoms with van der Waals surface area (Å²) in [6.07, 6.45) is 3.12. The van der Waals surface area contributed by atoms with E-state index in [2.05, 4.69) is 12.6 Å². The average molecular weight is 254 g/mol. The van der Waals surface area contributed by atoms with Crippen molar-refractivity contribution >= 4 is 5.91 Å². The molecule has 1 aliphatic heterocycles. The molecule has 3 heteroatoms. The molecule has 3 nitrogen and oxygen atoms in total. The topological polar surface area (TPSA) is 44.1 Å². The van der Waals surface area contributed by atoms with Crippen LogP contribution in [0.1, 0.15) is 24.3 Å². The third-order valence-electron chi connectivity index (χ3n) is 3.80. The first-order valence-corrected chi connectivity index (χ1v) is 6.62. The van der Waals surface area contributed by atoms with Gasteiger partial charge in [-0.05, 0) is 30.4 Å². The molecular formula is C16H18N2O. The van der Waals surface area contributed by atoms with Crippen LogP contribution in [0.15, 0.2) is 43.0 Å². The van der Waals surface area contributed by atoms with Gasteiger partial charge in [0, 0.05) is 13.1 Å². The van der Waals surface area contributed by atoms with Gasteiger partial charge in [0.05, 0.1) is 12.0 Å². The highest BCUT2D eigenvalue weighted by Gasteiger charge is 2.28. The molecule has 0 saturated carbocycles. The number of nitrogens with zero attached hydrogens (tertiary/aromatic N) is 2. The van der Waals surface area contributed by atoms with Crippen molar-refractivity contribution < 1.29 is 4.79 Å². The van der Waals surface area contributed by atoms with Crippen LogP contribution >= 0.6 is 0 Å². The average Bonchev–Trinajstić information content (AvgIpc) is 2.49. The van der Waals surface area contributed by atoms with Crippen molar-refractivity contribution in [3.05, 3.63) is 48.6 Å². The minimum absolute atomic E-state index is 0.00771. The Balaban J connectivity index is 2.02. The van der Waals surface area contributed by atoms with Crippen LogP contribution < -0.4 is 0 Å². The second kappa shape index (κ2) is 6.19. The summed E-state index contributed by atoms with van der Waals surface area (Å²) in [5.74, 6) is 0.259. The standard InChI is InChI=1S/C16H18N2O/c1-2-16(19)18-10-8-14(9-11-18)15(12-17)13-6-4-3-5-7-13/h2-7,14-15H,1,8-11H2. The van der Waals surface area contributed by atoms with Crippen molar-refractivity contribution in [3.63, 3.8) is 0 Å². The highest BCUT2D eigenvalue weighted by molar-refractivity contribution is 5.87. The normalized spacial score (nSPS) is 17.5. The lowest BCUT2D eigenvalue weighted by molar-refractivity contribution is -0.127. The number of benzene rings is 1. The molecule has 1 fully saturated rings. The molecule has 1 atom stereocenters. The molecule has 2 rings (SSSR count). The number of hydrogen-bond donors (Lipinski definition) is 0. The maximum atomic E-state index is 11.5. The Hall–Kier alpha value is -2.08. The summed E-state index contributed by atoms with van der Waals surface area (Å²) in [6.45, 7) is 4.96. The number of carbonyl (C=O) groups excluding carboxylic acids is 1. The highest BCUT2D eigenvalue weighted by Crippen LogP contribution is 2.32. The van der Waals surface area contributed by atoms with E-state index in [1.54, 1.807) is 0 Å². The molecule has 1 unspecified atom stereocenters. The minimum atomic E-state index is -0.0674. The summed E-state index contributed by atoms with van der Waals surface area (Å²) in [4.78, 5) is 13.3. The van der Waals surface area contributed by atoms with Crippen molar-refractivity contribution in [1.29, 1.82) is 5.26 Å². The summed E-state index contributed by atoms with van der Waals surface area (Å²) in [5.41, 5.74) is 1.08. The molecule has 1 aliphatic rings. The molecule has 98 valence electrons. The van der Waals surface area contributed by atoms with Crippen molar-refractivity contribution in [1.82, 2.24) is 4.90 Å². The third kappa shape index (κ3) is 3.03. The maximum Gasteiger partial charge on any atom is 0.245 e. The second-order valence-corrected chi connectivity index (χ2v) is 4.88. The summed E-state index contributed by atoms with van der Waals surface area (Å²) < 4.78 is 0. The van der Waals surface area contributed by atoms with Gasteiger partial charge in [0.2, 0.25) is 5.91 Å². The predicted molar refractivity (Wildman–Crippen MR) is 74.3 cm³/mol. The maximum absolute atomic E-state index is 11.5. The van der Waals surface area contributed by atoms with Crippen molar-refractivity contribution in [2.45, 2.75) is 18.8 Å². The van der Waals surface area contributed by atoms with Gasteiger partial charge >= 0.3 is 0 Å². The van der Waals surface area contributed by atoms with Gasteiger partial charge in [-0.15, -0.1) is 0 Å². The number of amides is 1. The van der Waals surface area contributed by atoms with E-state index in [0.717, 1.165) is 31.5 Å². The van der Waals surface area contributed by atoms with Crippen LogP contribution in [0.2, 0.25) is 0 Å². The third-order valence-corrected chi connectivity index (χ3v) is 3.80. The van der Waals surface area contributed by atoms with Gasteiger partial charge < -0.3 is 4.90 Å². The predicted octanol–water partition coefficient (Wildman–Crippen LogP) is 2.72. The lowest BCUT2D eigenvalue weighted by atomic mass is 9.81. The monoisotopic (exact) mass is 254 g/mol. The molecule has 1 saturated heterocycles. The first-order valence-electron chi connectivity index (χ1n) is 6.62. The van der Waals surface area contributed by atoms with Gasteiger partial charge in [0.15, 0.2) is 0 Å². The lowest BCUT2D eigenvalue weighted by Crippen LogP contribution is -2.38. The Morgan fingerprint density at radius 3 is 2.53 bits per heavy atom. The summed E-state index contributed by atoms with van der Waals surface area (Å²) >= 11 is 0. The van der Waals surface area contributed by atoms with Gasteiger partial charge in [-0.2, -0.15) is 5.26 Å². The van der Waals surface area contributed by atoms with Crippen LogP contribution in [0, 0.1) is 17.2 Å². The van der Waals surface area contributed by atoms with E-state index in [4.69, 9.17) is 0 Å². The largest absolute Gasteiger partial charge is 0.339 e. The van der Waals surface area contributed by atoms with E-state index in [0.29, 0.717) is 5.92 Å². The van der Waals surface area contributed by atoms with Crippen molar-refractivity contribution in [2.75, 3.05) is 13.1 Å². The molecule has 1 aromatic carbocycles. The quantitative estimate of drug-likeness (QED) is 0.778. The molecule has 0 radical (unpaired) electrons. The molecule has 1 aromatic rings. The van der Waals surface area contributed by atoms with E-state index in [1.807, 2.05) is 35.2 Å². The number of piperidine rings is 1. The lowest BCUT2D eigenvalue weighted by Gasteiger charge is -2.33. The molecule has 1 amide bonds. The van der Waals surface area contributed by atoms with E-state index in [-0.39, 0.29) is 11.8 Å². The van der Waals surface area contributed by atoms with Crippen molar-refractivity contribution in [2.24, 2.45) is 5.92 Å². The van der Waals surface area contributed by atoms with Gasteiger partial charge in [0.25, 0.3) is 0 Å². The fourth-order valence-corrected chi connectivity index (χ4v) is 2.69. The Morgan fingerprint density at radius 2 is 2.00 bits per heavy atom. The Labute approximate surface area is 114 Å². The smallest absolute Gasteiger partial charge is 0.245 e. The summed E-state index contributed by atoms with van der Waals surface area (Å²) in [6, 6.07) is 12.3. The van der Waals surface area contributed by atoms with Crippen LogP contribution in [-0.2, 0) is 4.79 Å². The van der Waals surface area contributed by atoms with Gasteiger partial charge in [-0.3, -0.25) is 4.79 Å². The van der Waals surface area contributed by atoms with Crippen molar-refractivity contribution in [3.8, 4) is 6.07 Å². The number of nitriles is 1. The molecule has 1 heterocycles. The zero-order chi connectivity index (χ0) is 13.7. The molecular weight excluding hydrogens is 236 g/mol. The SMILES string of the molecule is C=CC(=O)N1CCC(C(C#N)c2ccccc2)CC1.